The first kappa shape index (κ1) is 19.0. The molecule has 0 aliphatic rings. The Hall–Kier alpha value is -2.75. The van der Waals surface area contributed by atoms with Crippen LogP contribution in [0.3, 0.4) is 0 Å². The molecule has 0 fully saturated rings. The van der Waals surface area contributed by atoms with E-state index < -0.39 is 0 Å². The third-order valence-corrected chi connectivity index (χ3v) is 4.59. The van der Waals surface area contributed by atoms with Gasteiger partial charge in [0, 0.05) is 24.2 Å². The largest absolute Gasteiger partial charge is 0.489 e. The second-order valence-corrected chi connectivity index (χ2v) is 6.95. The predicted molar refractivity (Wildman–Crippen MR) is 108 cm³/mol. The normalized spacial score (nSPS) is 11.1. The molecule has 0 aliphatic carbocycles. The fourth-order valence-corrected chi connectivity index (χ4v) is 3.15. The van der Waals surface area contributed by atoms with Gasteiger partial charge in [0.25, 0.3) is 0 Å². The lowest BCUT2D eigenvalue weighted by atomic mass is 10.1. The van der Waals surface area contributed by atoms with E-state index in [0.717, 1.165) is 16.9 Å². The molecule has 0 bridgehead atoms. The van der Waals surface area contributed by atoms with Gasteiger partial charge < -0.3 is 14.0 Å². The lowest BCUT2D eigenvalue weighted by molar-refractivity contribution is -0.143. The number of esters is 1. The SMILES string of the molecule is CCOC(=O)CCc1ccc(OCc2ccc3c(ccn3C(C)C)c2)cc1. The van der Waals surface area contributed by atoms with Crippen molar-refractivity contribution in [2.75, 3.05) is 6.61 Å². The number of hydrogen-bond donors (Lipinski definition) is 0. The molecular formula is C23H27NO3. The zero-order chi connectivity index (χ0) is 19.2. The van der Waals surface area contributed by atoms with Gasteiger partial charge in [-0.3, -0.25) is 4.79 Å². The minimum absolute atomic E-state index is 0.153. The summed E-state index contributed by atoms with van der Waals surface area (Å²) in [4.78, 5) is 11.4. The molecule has 0 radical (unpaired) electrons. The number of rotatable bonds is 8. The van der Waals surface area contributed by atoms with Crippen LogP contribution in [0.15, 0.2) is 54.7 Å². The summed E-state index contributed by atoms with van der Waals surface area (Å²) in [5, 5.41) is 1.24. The molecule has 3 rings (SSSR count). The summed E-state index contributed by atoms with van der Waals surface area (Å²) in [5.41, 5.74) is 3.50. The Morgan fingerprint density at radius 2 is 1.78 bits per heavy atom. The Labute approximate surface area is 160 Å². The van der Waals surface area contributed by atoms with Gasteiger partial charge in [-0.15, -0.1) is 0 Å². The maximum Gasteiger partial charge on any atom is 0.306 e. The van der Waals surface area contributed by atoms with Gasteiger partial charge in [-0.05, 0) is 74.0 Å². The van der Waals surface area contributed by atoms with Crippen LogP contribution in [0.25, 0.3) is 10.9 Å². The molecule has 0 aliphatic heterocycles. The van der Waals surface area contributed by atoms with E-state index in [-0.39, 0.29) is 5.97 Å². The van der Waals surface area contributed by atoms with Crippen LogP contribution in [0.4, 0.5) is 0 Å². The molecule has 4 nitrogen and oxygen atoms in total. The highest BCUT2D eigenvalue weighted by atomic mass is 16.5. The van der Waals surface area contributed by atoms with Gasteiger partial charge in [0.2, 0.25) is 0 Å². The Bertz CT molecular complexity index is 894. The average Bonchev–Trinajstić information content (AvgIpc) is 3.09. The molecule has 0 saturated carbocycles. The van der Waals surface area contributed by atoms with Crippen LogP contribution in [0.2, 0.25) is 0 Å². The molecule has 0 spiro atoms. The first-order valence-electron chi connectivity index (χ1n) is 9.53. The zero-order valence-electron chi connectivity index (χ0n) is 16.3. The second-order valence-electron chi connectivity index (χ2n) is 6.95. The minimum atomic E-state index is -0.153. The summed E-state index contributed by atoms with van der Waals surface area (Å²) >= 11 is 0. The third-order valence-electron chi connectivity index (χ3n) is 4.59. The van der Waals surface area contributed by atoms with E-state index in [9.17, 15) is 4.79 Å². The maximum atomic E-state index is 11.4. The number of benzene rings is 2. The lowest BCUT2D eigenvalue weighted by Crippen LogP contribution is -2.05. The molecule has 1 heterocycles. The van der Waals surface area contributed by atoms with E-state index in [1.165, 1.54) is 10.9 Å². The summed E-state index contributed by atoms with van der Waals surface area (Å²) in [7, 11) is 0. The van der Waals surface area contributed by atoms with Gasteiger partial charge in [0.05, 0.1) is 6.61 Å². The van der Waals surface area contributed by atoms with Crippen LogP contribution in [0.5, 0.6) is 5.75 Å². The van der Waals surface area contributed by atoms with Crippen LogP contribution in [-0.4, -0.2) is 17.1 Å². The Kier molecular flexibility index (Phi) is 6.17. The van der Waals surface area contributed by atoms with Crippen molar-refractivity contribution in [2.45, 2.75) is 46.3 Å². The van der Waals surface area contributed by atoms with Gasteiger partial charge >= 0.3 is 5.97 Å². The Morgan fingerprint density at radius 3 is 2.48 bits per heavy atom. The molecule has 27 heavy (non-hydrogen) atoms. The number of carbonyl (C=O) groups is 1. The highest BCUT2D eigenvalue weighted by Gasteiger charge is 2.06. The van der Waals surface area contributed by atoms with Crippen LogP contribution < -0.4 is 4.74 Å². The van der Waals surface area contributed by atoms with E-state index in [4.69, 9.17) is 9.47 Å². The topological polar surface area (TPSA) is 40.5 Å². The van der Waals surface area contributed by atoms with Crippen molar-refractivity contribution in [3.05, 3.63) is 65.9 Å². The second kappa shape index (κ2) is 8.76. The van der Waals surface area contributed by atoms with Crippen molar-refractivity contribution < 1.29 is 14.3 Å². The molecule has 0 unspecified atom stereocenters. The molecular weight excluding hydrogens is 338 g/mol. The minimum Gasteiger partial charge on any atom is -0.489 e. The van der Waals surface area contributed by atoms with Crippen LogP contribution in [0, 0.1) is 0 Å². The van der Waals surface area contributed by atoms with Crippen LogP contribution in [0.1, 0.15) is 44.4 Å². The Balaban J connectivity index is 1.57. The number of aromatic nitrogens is 1. The molecule has 0 atom stereocenters. The van der Waals surface area contributed by atoms with Crippen molar-refractivity contribution in [3.8, 4) is 5.75 Å². The molecule has 1 aromatic heterocycles. The smallest absolute Gasteiger partial charge is 0.306 e. The highest BCUT2D eigenvalue weighted by molar-refractivity contribution is 5.81. The monoisotopic (exact) mass is 365 g/mol. The summed E-state index contributed by atoms with van der Waals surface area (Å²) in [6.07, 6.45) is 3.22. The van der Waals surface area contributed by atoms with Crippen LogP contribution >= 0.6 is 0 Å². The maximum absolute atomic E-state index is 11.4. The van der Waals surface area contributed by atoms with E-state index in [1.807, 2.05) is 31.2 Å². The van der Waals surface area contributed by atoms with Crippen molar-refractivity contribution in [2.24, 2.45) is 0 Å². The zero-order valence-corrected chi connectivity index (χ0v) is 16.3. The van der Waals surface area contributed by atoms with Gasteiger partial charge in [-0.1, -0.05) is 18.2 Å². The van der Waals surface area contributed by atoms with Crippen LogP contribution in [-0.2, 0) is 22.6 Å². The molecule has 0 amide bonds. The Morgan fingerprint density at radius 1 is 1.04 bits per heavy atom. The lowest BCUT2D eigenvalue weighted by Gasteiger charge is -2.10. The van der Waals surface area contributed by atoms with E-state index in [0.29, 0.717) is 32.1 Å². The van der Waals surface area contributed by atoms with Gasteiger partial charge in [0.15, 0.2) is 0 Å². The van der Waals surface area contributed by atoms with Gasteiger partial charge in [0.1, 0.15) is 12.4 Å². The van der Waals surface area contributed by atoms with Gasteiger partial charge in [-0.25, -0.2) is 0 Å². The van der Waals surface area contributed by atoms with E-state index in [2.05, 4.69) is 48.9 Å². The highest BCUT2D eigenvalue weighted by Crippen LogP contribution is 2.22. The molecule has 3 aromatic rings. The van der Waals surface area contributed by atoms with E-state index >= 15 is 0 Å². The number of carbonyl (C=O) groups excluding carboxylic acids is 1. The van der Waals surface area contributed by atoms with E-state index in [1.54, 1.807) is 0 Å². The number of ether oxygens (including phenoxy) is 2. The van der Waals surface area contributed by atoms with Gasteiger partial charge in [-0.2, -0.15) is 0 Å². The first-order chi connectivity index (χ1) is 13.1. The predicted octanol–water partition coefficient (Wildman–Crippen LogP) is 5.30. The summed E-state index contributed by atoms with van der Waals surface area (Å²) < 4.78 is 13.1. The first-order valence-corrected chi connectivity index (χ1v) is 9.53. The quantitative estimate of drug-likeness (QED) is 0.509. The molecule has 0 N–H and O–H groups in total. The number of hydrogen-bond acceptors (Lipinski definition) is 3. The van der Waals surface area contributed by atoms with Crippen molar-refractivity contribution in [1.82, 2.24) is 4.57 Å². The summed E-state index contributed by atoms with van der Waals surface area (Å²) in [6.45, 7) is 7.16. The molecule has 0 saturated heterocycles. The molecule has 4 heteroatoms. The van der Waals surface area contributed by atoms with Crippen molar-refractivity contribution in [3.63, 3.8) is 0 Å². The fraction of sp³-hybridized carbons (Fsp3) is 0.348. The number of nitrogens with zero attached hydrogens (tertiary/aromatic N) is 1. The number of aryl methyl sites for hydroxylation is 1. The fourth-order valence-electron chi connectivity index (χ4n) is 3.15. The van der Waals surface area contributed by atoms with Crippen molar-refractivity contribution >= 4 is 16.9 Å². The standard InChI is InChI=1S/C23H27NO3/c1-4-26-23(25)12-8-18-5-9-21(10-6-18)27-16-19-7-11-22-20(15-19)13-14-24(22)17(2)3/h5-7,9-11,13-15,17H,4,8,12,16H2,1-3H3. The number of fused-ring (bicyclic) bond motifs is 1. The summed E-state index contributed by atoms with van der Waals surface area (Å²) in [6, 6.07) is 17.0. The molecule has 142 valence electrons. The molecule has 2 aromatic carbocycles. The third kappa shape index (κ3) is 4.91. The van der Waals surface area contributed by atoms with Crippen molar-refractivity contribution in [1.29, 1.82) is 0 Å². The summed E-state index contributed by atoms with van der Waals surface area (Å²) in [5.74, 6) is 0.675. The average molecular weight is 365 g/mol.